The lowest BCUT2D eigenvalue weighted by molar-refractivity contribution is -0.110. The van der Waals surface area contributed by atoms with Crippen LogP contribution in [0.5, 0.6) is 11.5 Å². The molecule has 140 valence electrons. The van der Waals surface area contributed by atoms with Gasteiger partial charge in [-0.15, -0.1) is 0 Å². The highest BCUT2D eigenvalue weighted by Gasteiger charge is 2.23. The predicted octanol–water partition coefficient (Wildman–Crippen LogP) is 4.91. The zero-order valence-electron chi connectivity index (χ0n) is 15.2. The molecule has 4 rings (SSSR count). The molecule has 0 saturated carbocycles. The number of fused-ring (bicyclic) bond motifs is 1. The highest BCUT2D eigenvalue weighted by Crippen LogP contribution is 2.35. The second-order valence-electron chi connectivity index (χ2n) is 6.38. The van der Waals surface area contributed by atoms with Crippen LogP contribution in [0, 0.1) is 5.82 Å². The number of ether oxygens (including phenoxy) is 2. The van der Waals surface area contributed by atoms with Crippen LogP contribution in [0.2, 0.25) is 0 Å². The van der Waals surface area contributed by atoms with Gasteiger partial charge in [0.25, 0.3) is 5.91 Å². The summed E-state index contributed by atoms with van der Waals surface area (Å²) >= 11 is 0. The van der Waals surface area contributed by atoms with Crippen LogP contribution in [0.25, 0.3) is 11.6 Å². The van der Waals surface area contributed by atoms with Crippen molar-refractivity contribution >= 4 is 23.2 Å². The van der Waals surface area contributed by atoms with Crippen molar-refractivity contribution in [3.8, 4) is 11.5 Å². The molecule has 0 aliphatic carbocycles. The van der Waals surface area contributed by atoms with Crippen LogP contribution in [0.3, 0.4) is 0 Å². The van der Waals surface area contributed by atoms with Gasteiger partial charge >= 0.3 is 0 Å². The quantitative estimate of drug-likeness (QED) is 0.645. The summed E-state index contributed by atoms with van der Waals surface area (Å²) in [6.07, 6.45) is 1.83. The van der Waals surface area contributed by atoms with Gasteiger partial charge in [-0.25, -0.2) is 4.39 Å². The number of nitrogens with one attached hydrogen (secondary N) is 1. The van der Waals surface area contributed by atoms with Gasteiger partial charge in [0.15, 0.2) is 11.5 Å². The lowest BCUT2D eigenvalue weighted by Crippen LogP contribution is -2.03. The zero-order chi connectivity index (χ0) is 19.5. The van der Waals surface area contributed by atoms with Crippen molar-refractivity contribution < 1.29 is 18.7 Å². The van der Waals surface area contributed by atoms with Gasteiger partial charge in [0.1, 0.15) is 12.4 Å². The number of carbonyl (C=O) groups is 1. The molecule has 0 fully saturated rings. The SMILES string of the molecule is COc1cc(/C=C2\C(=O)Nc3ccccc32)ccc1OCc1ccc(F)cc1. The summed E-state index contributed by atoms with van der Waals surface area (Å²) in [7, 11) is 1.56. The highest BCUT2D eigenvalue weighted by atomic mass is 19.1. The summed E-state index contributed by atoms with van der Waals surface area (Å²) in [5, 5.41) is 2.86. The summed E-state index contributed by atoms with van der Waals surface area (Å²) in [6, 6.07) is 19.2. The molecule has 1 N–H and O–H groups in total. The first kappa shape index (κ1) is 17.8. The molecule has 28 heavy (non-hydrogen) atoms. The second-order valence-corrected chi connectivity index (χ2v) is 6.38. The lowest BCUT2D eigenvalue weighted by atomic mass is 10.0. The number of methoxy groups -OCH3 is 1. The molecule has 1 aliphatic rings. The molecule has 1 amide bonds. The van der Waals surface area contributed by atoms with Gasteiger partial charge < -0.3 is 14.8 Å². The molecule has 3 aromatic carbocycles. The minimum absolute atomic E-state index is 0.128. The average Bonchev–Trinajstić information content (AvgIpc) is 3.03. The van der Waals surface area contributed by atoms with Crippen LogP contribution in [0.4, 0.5) is 10.1 Å². The maximum Gasteiger partial charge on any atom is 0.256 e. The number of hydrogen-bond donors (Lipinski definition) is 1. The number of anilines is 1. The van der Waals surface area contributed by atoms with E-state index in [1.54, 1.807) is 25.3 Å². The van der Waals surface area contributed by atoms with Gasteiger partial charge in [-0.2, -0.15) is 0 Å². The molecular formula is C23H18FNO3. The summed E-state index contributed by atoms with van der Waals surface area (Å²) in [6.45, 7) is 0.298. The Hall–Kier alpha value is -3.60. The van der Waals surface area contributed by atoms with Crippen LogP contribution in [0.15, 0.2) is 66.7 Å². The topological polar surface area (TPSA) is 47.6 Å². The summed E-state index contributed by atoms with van der Waals surface area (Å²) in [5.74, 6) is 0.724. The van der Waals surface area contributed by atoms with Crippen LogP contribution in [0.1, 0.15) is 16.7 Å². The fourth-order valence-electron chi connectivity index (χ4n) is 3.08. The average molecular weight is 375 g/mol. The number of hydrogen-bond acceptors (Lipinski definition) is 3. The molecule has 0 atom stereocenters. The Bertz CT molecular complexity index is 1060. The van der Waals surface area contributed by atoms with E-state index in [1.807, 2.05) is 42.5 Å². The van der Waals surface area contributed by atoms with E-state index < -0.39 is 0 Å². The van der Waals surface area contributed by atoms with Gasteiger partial charge in [-0.3, -0.25) is 4.79 Å². The van der Waals surface area contributed by atoms with Crippen LogP contribution < -0.4 is 14.8 Å². The van der Waals surface area contributed by atoms with E-state index in [1.165, 1.54) is 12.1 Å². The fraction of sp³-hybridized carbons (Fsp3) is 0.0870. The minimum Gasteiger partial charge on any atom is -0.493 e. The summed E-state index contributed by atoms with van der Waals surface area (Å²) in [4.78, 5) is 12.3. The first-order chi connectivity index (χ1) is 13.6. The number of para-hydroxylation sites is 1. The molecule has 0 aromatic heterocycles. The van der Waals surface area contributed by atoms with Crippen LogP contribution in [-0.4, -0.2) is 13.0 Å². The van der Waals surface area contributed by atoms with Crippen molar-refractivity contribution in [3.63, 3.8) is 0 Å². The predicted molar refractivity (Wildman–Crippen MR) is 107 cm³/mol. The Labute approximate surface area is 162 Å². The Morgan fingerprint density at radius 3 is 2.57 bits per heavy atom. The lowest BCUT2D eigenvalue weighted by Gasteiger charge is -2.11. The number of benzene rings is 3. The molecule has 0 unspecified atom stereocenters. The molecule has 1 heterocycles. The van der Waals surface area contributed by atoms with Crippen molar-refractivity contribution in [3.05, 3.63) is 89.2 Å². The highest BCUT2D eigenvalue weighted by molar-refractivity contribution is 6.34. The molecule has 3 aromatic rings. The van der Waals surface area contributed by atoms with Crippen LogP contribution >= 0.6 is 0 Å². The number of carbonyl (C=O) groups excluding carboxylic acids is 1. The molecule has 0 bridgehead atoms. The Balaban J connectivity index is 1.57. The zero-order valence-corrected chi connectivity index (χ0v) is 15.2. The van der Waals surface area contributed by atoms with Gasteiger partial charge in [-0.05, 0) is 47.5 Å². The Morgan fingerprint density at radius 1 is 1.00 bits per heavy atom. The van der Waals surface area contributed by atoms with E-state index in [4.69, 9.17) is 9.47 Å². The van der Waals surface area contributed by atoms with E-state index in [0.717, 1.165) is 22.4 Å². The van der Waals surface area contributed by atoms with Crippen molar-refractivity contribution in [2.24, 2.45) is 0 Å². The van der Waals surface area contributed by atoms with Crippen LogP contribution in [-0.2, 0) is 11.4 Å². The minimum atomic E-state index is -0.281. The smallest absolute Gasteiger partial charge is 0.256 e. The summed E-state index contributed by atoms with van der Waals surface area (Å²) < 4.78 is 24.3. The van der Waals surface area contributed by atoms with Gasteiger partial charge in [0.05, 0.1) is 7.11 Å². The number of amides is 1. The molecule has 4 nitrogen and oxygen atoms in total. The second kappa shape index (κ2) is 7.56. The van der Waals surface area contributed by atoms with E-state index in [0.29, 0.717) is 23.7 Å². The largest absolute Gasteiger partial charge is 0.493 e. The first-order valence-corrected chi connectivity index (χ1v) is 8.82. The Morgan fingerprint density at radius 2 is 1.79 bits per heavy atom. The van der Waals surface area contributed by atoms with Gasteiger partial charge in [0.2, 0.25) is 0 Å². The molecule has 5 heteroatoms. The standard InChI is InChI=1S/C23H18FNO3/c1-27-22-13-16(12-19-18-4-2-3-5-20(18)25-23(19)26)8-11-21(22)28-14-15-6-9-17(24)10-7-15/h2-13H,14H2,1H3,(H,25,26)/b19-12-. The molecule has 0 radical (unpaired) electrons. The van der Waals surface area contributed by atoms with Gasteiger partial charge in [0, 0.05) is 16.8 Å². The third-order valence-electron chi connectivity index (χ3n) is 4.52. The number of halogens is 1. The molecule has 0 saturated heterocycles. The van der Waals surface area contributed by atoms with E-state index >= 15 is 0 Å². The molecule has 1 aliphatic heterocycles. The van der Waals surface area contributed by atoms with Crippen molar-refractivity contribution in [2.45, 2.75) is 6.61 Å². The van der Waals surface area contributed by atoms with Crippen molar-refractivity contribution in [1.82, 2.24) is 0 Å². The van der Waals surface area contributed by atoms with Crippen molar-refractivity contribution in [1.29, 1.82) is 0 Å². The molecule has 0 spiro atoms. The Kier molecular flexibility index (Phi) is 4.81. The van der Waals surface area contributed by atoms with E-state index in [9.17, 15) is 9.18 Å². The van der Waals surface area contributed by atoms with Gasteiger partial charge in [-0.1, -0.05) is 36.4 Å². The third-order valence-corrected chi connectivity index (χ3v) is 4.52. The maximum atomic E-state index is 13.0. The summed E-state index contributed by atoms with van der Waals surface area (Å²) in [5.41, 5.74) is 3.98. The monoisotopic (exact) mass is 375 g/mol. The fourth-order valence-corrected chi connectivity index (χ4v) is 3.08. The normalized spacial score (nSPS) is 13.9. The van der Waals surface area contributed by atoms with Crippen molar-refractivity contribution in [2.75, 3.05) is 12.4 Å². The van der Waals surface area contributed by atoms with E-state index in [2.05, 4.69) is 5.32 Å². The van der Waals surface area contributed by atoms with E-state index in [-0.39, 0.29) is 11.7 Å². The maximum absolute atomic E-state index is 13.0. The third kappa shape index (κ3) is 3.60. The molecular weight excluding hydrogens is 357 g/mol. The number of rotatable bonds is 5. The first-order valence-electron chi connectivity index (χ1n) is 8.82.